The van der Waals surface area contributed by atoms with Crippen LogP contribution in [0.3, 0.4) is 0 Å². The lowest BCUT2D eigenvalue weighted by atomic mass is 10.0. The molecule has 0 saturated heterocycles. The van der Waals surface area contributed by atoms with Crippen molar-refractivity contribution >= 4 is 5.69 Å². The highest BCUT2D eigenvalue weighted by molar-refractivity contribution is 5.61. The molecule has 0 spiro atoms. The van der Waals surface area contributed by atoms with Crippen LogP contribution in [0.2, 0.25) is 0 Å². The van der Waals surface area contributed by atoms with Crippen molar-refractivity contribution in [1.29, 1.82) is 0 Å². The van der Waals surface area contributed by atoms with Gasteiger partial charge in [0.1, 0.15) is 12.4 Å². The minimum absolute atomic E-state index is 0.429. The van der Waals surface area contributed by atoms with Gasteiger partial charge in [-0.3, -0.25) is 5.10 Å². The van der Waals surface area contributed by atoms with Crippen LogP contribution in [0.15, 0.2) is 54.6 Å². The second-order valence-electron chi connectivity index (χ2n) is 5.88. The molecule has 4 heteroatoms. The van der Waals surface area contributed by atoms with Crippen LogP contribution in [0.4, 0.5) is 5.69 Å². The molecule has 0 aliphatic rings. The van der Waals surface area contributed by atoms with E-state index < -0.39 is 0 Å². The largest absolute Gasteiger partial charge is 0.487 e. The van der Waals surface area contributed by atoms with Gasteiger partial charge in [0, 0.05) is 11.3 Å². The molecule has 0 radical (unpaired) electrons. The van der Waals surface area contributed by atoms with Crippen LogP contribution < -0.4 is 10.5 Å². The lowest BCUT2D eigenvalue weighted by Crippen LogP contribution is -1.99. The Morgan fingerprint density at radius 1 is 1.09 bits per heavy atom. The van der Waals surface area contributed by atoms with Gasteiger partial charge in [-0.1, -0.05) is 44.2 Å². The summed E-state index contributed by atoms with van der Waals surface area (Å²) in [6.07, 6.45) is 0. The predicted octanol–water partition coefficient (Wildman–Crippen LogP) is 4.36. The van der Waals surface area contributed by atoms with E-state index in [-0.39, 0.29) is 0 Å². The highest BCUT2D eigenvalue weighted by Crippen LogP contribution is 2.27. The number of aromatic nitrogens is 2. The first-order valence-electron chi connectivity index (χ1n) is 7.75. The molecule has 0 unspecified atom stereocenters. The van der Waals surface area contributed by atoms with Gasteiger partial charge in [0.05, 0.1) is 11.4 Å². The van der Waals surface area contributed by atoms with Crippen molar-refractivity contribution in [2.75, 3.05) is 5.73 Å². The fourth-order valence-electron chi connectivity index (χ4n) is 2.48. The van der Waals surface area contributed by atoms with E-state index in [1.807, 2.05) is 48.5 Å². The maximum Gasteiger partial charge on any atom is 0.130 e. The lowest BCUT2D eigenvalue weighted by molar-refractivity contribution is 0.297. The molecule has 4 nitrogen and oxygen atoms in total. The second-order valence-corrected chi connectivity index (χ2v) is 5.88. The SMILES string of the molecule is CC(C)c1ccccc1OCc1cc(-c2ccc(N)cc2)n[nH]1. The van der Waals surface area contributed by atoms with Gasteiger partial charge in [-0.15, -0.1) is 0 Å². The van der Waals surface area contributed by atoms with Gasteiger partial charge in [-0.25, -0.2) is 0 Å². The van der Waals surface area contributed by atoms with E-state index in [1.54, 1.807) is 0 Å². The van der Waals surface area contributed by atoms with Crippen molar-refractivity contribution in [3.63, 3.8) is 0 Å². The van der Waals surface area contributed by atoms with Crippen molar-refractivity contribution < 1.29 is 4.74 Å². The third kappa shape index (κ3) is 3.54. The van der Waals surface area contributed by atoms with Crippen molar-refractivity contribution in [2.45, 2.75) is 26.4 Å². The number of hydrogen-bond acceptors (Lipinski definition) is 3. The number of nitrogens with two attached hydrogens (primary N) is 1. The molecule has 3 N–H and O–H groups in total. The average molecular weight is 307 g/mol. The van der Waals surface area contributed by atoms with E-state index >= 15 is 0 Å². The van der Waals surface area contributed by atoms with Gasteiger partial charge < -0.3 is 10.5 Å². The summed E-state index contributed by atoms with van der Waals surface area (Å²) < 4.78 is 5.96. The molecule has 23 heavy (non-hydrogen) atoms. The Morgan fingerprint density at radius 2 is 1.83 bits per heavy atom. The van der Waals surface area contributed by atoms with Crippen molar-refractivity contribution in [1.82, 2.24) is 10.2 Å². The number of nitrogens with one attached hydrogen (secondary N) is 1. The van der Waals surface area contributed by atoms with Crippen molar-refractivity contribution in [3.05, 3.63) is 65.9 Å². The molecule has 0 bridgehead atoms. The molecule has 2 aromatic carbocycles. The third-order valence-corrected chi connectivity index (χ3v) is 3.76. The highest BCUT2D eigenvalue weighted by atomic mass is 16.5. The fourth-order valence-corrected chi connectivity index (χ4v) is 2.48. The molecule has 3 rings (SSSR count). The van der Waals surface area contributed by atoms with Crippen LogP contribution in [0.25, 0.3) is 11.3 Å². The third-order valence-electron chi connectivity index (χ3n) is 3.76. The number of hydrogen-bond donors (Lipinski definition) is 2. The molecule has 1 heterocycles. The smallest absolute Gasteiger partial charge is 0.130 e. The molecule has 3 aromatic rings. The van der Waals surface area contributed by atoms with Crippen LogP contribution in [0.1, 0.15) is 31.0 Å². The van der Waals surface area contributed by atoms with E-state index in [9.17, 15) is 0 Å². The Morgan fingerprint density at radius 3 is 2.57 bits per heavy atom. The number of ether oxygens (including phenoxy) is 1. The van der Waals surface area contributed by atoms with E-state index in [2.05, 4.69) is 30.1 Å². The normalized spacial score (nSPS) is 10.9. The zero-order chi connectivity index (χ0) is 16.2. The zero-order valence-electron chi connectivity index (χ0n) is 13.4. The zero-order valence-corrected chi connectivity index (χ0v) is 13.4. The lowest BCUT2D eigenvalue weighted by Gasteiger charge is -2.13. The molecule has 0 amide bonds. The minimum atomic E-state index is 0.429. The maximum absolute atomic E-state index is 5.96. The molecule has 1 aromatic heterocycles. The first kappa shape index (κ1) is 15.2. The first-order valence-corrected chi connectivity index (χ1v) is 7.75. The Kier molecular flexibility index (Phi) is 4.33. The van der Waals surface area contributed by atoms with Gasteiger partial charge in [0.25, 0.3) is 0 Å². The van der Waals surface area contributed by atoms with Gasteiger partial charge >= 0.3 is 0 Å². The average Bonchev–Trinajstić information content (AvgIpc) is 3.03. The summed E-state index contributed by atoms with van der Waals surface area (Å²) >= 11 is 0. The van der Waals surface area contributed by atoms with E-state index in [0.29, 0.717) is 12.5 Å². The van der Waals surface area contributed by atoms with Crippen LogP contribution in [0.5, 0.6) is 5.75 Å². The first-order chi connectivity index (χ1) is 11.1. The molecule has 0 aliphatic heterocycles. The fraction of sp³-hybridized carbons (Fsp3) is 0.211. The monoisotopic (exact) mass is 307 g/mol. The number of benzene rings is 2. The molecule has 0 aliphatic carbocycles. The van der Waals surface area contributed by atoms with Gasteiger partial charge in [-0.05, 0) is 35.7 Å². The molecule has 118 valence electrons. The number of rotatable bonds is 5. The maximum atomic E-state index is 5.96. The van der Waals surface area contributed by atoms with Crippen LogP contribution in [-0.4, -0.2) is 10.2 Å². The van der Waals surface area contributed by atoms with Crippen LogP contribution in [0, 0.1) is 0 Å². The number of nitrogens with zero attached hydrogens (tertiary/aromatic N) is 1. The van der Waals surface area contributed by atoms with Gasteiger partial charge in [0.2, 0.25) is 0 Å². The van der Waals surface area contributed by atoms with Gasteiger partial charge in [-0.2, -0.15) is 5.10 Å². The highest BCUT2D eigenvalue weighted by Gasteiger charge is 2.09. The molecule has 0 saturated carbocycles. The minimum Gasteiger partial charge on any atom is -0.487 e. The summed E-state index contributed by atoms with van der Waals surface area (Å²) in [7, 11) is 0. The summed E-state index contributed by atoms with van der Waals surface area (Å²) in [6.45, 7) is 4.79. The van der Waals surface area contributed by atoms with Gasteiger partial charge in [0.15, 0.2) is 0 Å². The van der Waals surface area contributed by atoms with E-state index in [4.69, 9.17) is 10.5 Å². The van der Waals surface area contributed by atoms with Crippen LogP contribution >= 0.6 is 0 Å². The summed E-state index contributed by atoms with van der Waals surface area (Å²) in [6, 6.07) is 17.8. The van der Waals surface area contributed by atoms with Crippen molar-refractivity contribution in [2.24, 2.45) is 0 Å². The molecule has 0 atom stereocenters. The summed E-state index contributed by atoms with van der Waals surface area (Å²) in [5, 5.41) is 7.37. The Bertz CT molecular complexity index is 775. The Balaban J connectivity index is 1.72. The number of nitrogen functional groups attached to an aromatic ring is 1. The second kappa shape index (κ2) is 6.57. The Hall–Kier alpha value is -2.75. The van der Waals surface area contributed by atoms with E-state index in [1.165, 1.54) is 5.56 Å². The number of H-pyrrole nitrogens is 1. The van der Waals surface area contributed by atoms with E-state index in [0.717, 1.165) is 28.4 Å². The summed E-state index contributed by atoms with van der Waals surface area (Å²) in [5.74, 6) is 1.35. The number of para-hydroxylation sites is 1. The standard InChI is InChI=1S/C19H21N3O/c1-13(2)17-5-3-4-6-19(17)23-12-16-11-18(22-21-16)14-7-9-15(20)10-8-14/h3-11,13H,12,20H2,1-2H3,(H,21,22). The molecular formula is C19H21N3O. The molecule has 0 fully saturated rings. The summed E-state index contributed by atoms with van der Waals surface area (Å²) in [5.41, 5.74) is 10.5. The predicted molar refractivity (Wildman–Crippen MR) is 93.3 cm³/mol. The number of aromatic amines is 1. The van der Waals surface area contributed by atoms with Crippen molar-refractivity contribution in [3.8, 4) is 17.0 Å². The molecular weight excluding hydrogens is 286 g/mol. The van der Waals surface area contributed by atoms with Crippen LogP contribution in [-0.2, 0) is 6.61 Å². The topological polar surface area (TPSA) is 63.9 Å². The summed E-state index contributed by atoms with van der Waals surface area (Å²) in [4.78, 5) is 0. The Labute approximate surface area is 136 Å². The quantitative estimate of drug-likeness (QED) is 0.688. The number of anilines is 1.